The van der Waals surface area contributed by atoms with Crippen molar-refractivity contribution < 1.29 is 25.9 Å². The van der Waals surface area contributed by atoms with Crippen LogP contribution in [0.1, 0.15) is 11.1 Å². The lowest BCUT2D eigenvalue weighted by atomic mass is 10.2. The summed E-state index contributed by atoms with van der Waals surface area (Å²) in [6.07, 6.45) is 1.24. The van der Waals surface area contributed by atoms with E-state index in [2.05, 4.69) is 9.93 Å². The predicted molar refractivity (Wildman–Crippen MR) is 116 cm³/mol. The van der Waals surface area contributed by atoms with Crippen LogP contribution in [0.25, 0.3) is 0 Å². The zero-order valence-electron chi connectivity index (χ0n) is 16.6. The molecule has 166 valence electrons. The van der Waals surface area contributed by atoms with Crippen molar-refractivity contribution in [1.82, 2.24) is 4.83 Å². The Morgan fingerprint density at radius 3 is 2.22 bits per heavy atom. The largest absolute Gasteiger partial charge is 0.379 e. The van der Waals surface area contributed by atoms with E-state index in [4.69, 9.17) is 4.18 Å². The first-order chi connectivity index (χ1) is 15.1. The number of hydrogen-bond donors (Lipinski definition) is 1. The normalized spacial score (nSPS) is 11.9. The third-order valence-electron chi connectivity index (χ3n) is 4.19. The summed E-state index contributed by atoms with van der Waals surface area (Å²) >= 11 is 0. The molecule has 0 bridgehead atoms. The van der Waals surface area contributed by atoms with Gasteiger partial charge in [0.15, 0.2) is 0 Å². The maximum Gasteiger partial charge on any atom is 0.339 e. The molecule has 1 N–H and O–H groups in total. The van der Waals surface area contributed by atoms with Gasteiger partial charge in [-0.05, 0) is 55.0 Å². The van der Waals surface area contributed by atoms with Crippen LogP contribution in [0.3, 0.4) is 0 Å². The van der Waals surface area contributed by atoms with E-state index in [1.54, 1.807) is 18.2 Å². The number of hydrogen-bond acceptors (Lipinski definition) is 8. The van der Waals surface area contributed by atoms with Crippen molar-refractivity contribution >= 4 is 32.0 Å². The average Bonchev–Trinajstić information content (AvgIpc) is 2.75. The van der Waals surface area contributed by atoms with Gasteiger partial charge in [0.2, 0.25) is 0 Å². The summed E-state index contributed by atoms with van der Waals surface area (Å²) in [5.74, 6) is -0.0322. The Kier molecular flexibility index (Phi) is 6.55. The quantitative estimate of drug-likeness (QED) is 0.228. The molecular weight excluding hydrogens is 458 g/mol. The number of nitrogens with one attached hydrogen (secondary N) is 1. The molecule has 0 atom stereocenters. The maximum atomic E-state index is 12.4. The third-order valence-corrected chi connectivity index (χ3v) is 6.67. The second kappa shape index (κ2) is 9.16. The van der Waals surface area contributed by atoms with Crippen LogP contribution in [0.5, 0.6) is 5.75 Å². The minimum absolute atomic E-state index is 0.0322. The number of nitro benzene ring substituents is 1. The molecule has 0 aliphatic rings. The van der Waals surface area contributed by atoms with E-state index in [-0.39, 0.29) is 21.2 Å². The summed E-state index contributed by atoms with van der Waals surface area (Å²) < 4.78 is 54.1. The Bertz CT molecular complexity index is 1370. The molecule has 0 amide bonds. The molecule has 0 fully saturated rings. The van der Waals surface area contributed by atoms with Crippen molar-refractivity contribution in [1.29, 1.82) is 0 Å². The van der Waals surface area contributed by atoms with Crippen molar-refractivity contribution in [2.75, 3.05) is 0 Å². The minimum Gasteiger partial charge on any atom is -0.379 e. The van der Waals surface area contributed by atoms with E-state index in [1.807, 2.05) is 0 Å². The molecule has 10 nitrogen and oxygen atoms in total. The predicted octanol–water partition coefficient (Wildman–Crippen LogP) is 2.98. The van der Waals surface area contributed by atoms with Crippen molar-refractivity contribution in [2.24, 2.45) is 5.10 Å². The SMILES string of the molecule is Cc1ccc(S(=O)(=O)Oc2ccc(/C=N\NS(=O)(=O)c3ccccc3)cc2)cc1[N+](=O)[O-]. The van der Waals surface area contributed by atoms with E-state index in [9.17, 15) is 26.9 Å². The first-order valence-electron chi connectivity index (χ1n) is 8.98. The first-order valence-corrected chi connectivity index (χ1v) is 11.9. The highest BCUT2D eigenvalue weighted by Crippen LogP contribution is 2.25. The summed E-state index contributed by atoms with van der Waals surface area (Å²) in [6, 6.07) is 16.8. The second-order valence-corrected chi connectivity index (χ2v) is 9.69. The standard InChI is InChI=1S/C20H17N3O7S2/c1-15-7-12-19(13-20(15)23(24)25)32(28,29)30-17-10-8-16(9-11-17)14-21-22-31(26,27)18-5-3-2-4-6-18/h2-14,22H,1H3/b21-14-. The number of nitrogens with zero attached hydrogens (tertiary/aromatic N) is 2. The molecule has 32 heavy (non-hydrogen) atoms. The zero-order chi connectivity index (χ0) is 23.4. The van der Waals surface area contributed by atoms with Gasteiger partial charge in [0, 0.05) is 11.6 Å². The van der Waals surface area contributed by atoms with Crippen molar-refractivity contribution in [3.05, 3.63) is 94.0 Å². The van der Waals surface area contributed by atoms with Gasteiger partial charge in [0.05, 0.1) is 16.0 Å². The molecular formula is C20H17N3O7S2. The number of nitro groups is 1. The molecule has 0 spiro atoms. The van der Waals surface area contributed by atoms with Crippen LogP contribution >= 0.6 is 0 Å². The van der Waals surface area contributed by atoms with Crippen LogP contribution in [0.15, 0.2) is 87.7 Å². The van der Waals surface area contributed by atoms with Crippen LogP contribution in [-0.4, -0.2) is 28.0 Å². The van der Waals surface area contributed by atoms with Crippen LogP contribution in [0.4, 0.5) is 5.69 Å². The highest BCUT2D eigenvalue weighted by atomic mass is 32.2. The van der Waals surface area contributed by atoms with Crippen LogP contribution in [0.2, 0.25) is 0 Å². The zero-order valence-corrected chi connectivity index (χ0v) is 18.2. The Morgan fingerprint density at radius 2 is 1.59 bits per heavy atom. The number of sulfonamides is 1. The second-order valence-electron chi connectivity index (χ2n) is 6.48. The van der Waals surface area contributed by atoms with Crippen LogP contribution in [-0.2, 0) is 20.1 Å². The minimum atomic E-state index is -4.30. The molecule has 3 aromatic carbocycles. The first kappa shape index (κ1) is 22.9. The van der Waals surface area contributed by atoms with Crippen LogP contribution < -0.4 is 9.01 Å². The average molecular weight is 476 g/mol. The lowest BCUT2D eigenvalue weighted by molar-refractivity contribution is -0.385. The lowest BCUT2D eigenvalue weighted by Crippen LogP contribution is -2.18. The van der Waals surface area contributed by atoms with E-state index in [0.717, 1.165) is 6.07 Å². The number of benzene rings is 3. The maximum absolute atomic E-state index is 12.4. The van der Waals surface area contributed by atoms with Crippen molar-refractivity contribution in [2.45, 2.75) is 16.7 Å². The van der Waals surface area contributed by atoms with Crippen LogP contribution in [0, 0.1) is 17.0 Å². The molecule has 0 radical (unpaired) electrons. The Morgan fingerprint density at radius 1 is 0.938 bits per heavy atom. The molecule has 0 saturated heterocycles. The fourth-order valence-electron chi connectivity index (χ4n) is 2.55. The van der Waals surface area contributed by atoms with E-state index in [0.29, 0.717) is 11.1 Å². The van der Waals surface area contributed by atoms with Gasteiger partial charge >= 0.3 is 10.1 Å². The van der Waals surface area contributed by atoms with Gasteiger partial charge in [-0.25, -0.2) is 4.83 Å². The highest BCUT2D eigenvalue weighted by Gasteiger charge is 2.21. The number of aryl methyl sites for hydroxylation is 1. The van der Waals surface area contributed by atoms with Gasteiger partial charge < -0.3 is 4.18 Å². The molecule has 0 unspecified atom stereocenters. The van der Waals surface area contributed by atoms with Gasteiger partial charge in [-0.15, -0.1) is 0 Å². The van der Waals surface area contributed by atoms with Gasteiger partial charge in [0.25, 0.3) is 15.7 Å². The molecule has 12 heteroatoms. The Hall–Kier alpha value is -3.77. The topological polar surface area (TPSA) is 145 Å². The summed E-state index contributed by atoms with van der Waals surface area (Å²) in [7, 11) is -8.10. The highest BCUT2D eigenvalue weighted by molar-refractivity contribution is 7.89. The fraction of sp³-hybridized carbons (Fsp3) is 0.0500. The molecule has 0 aliphatic carbocycles. The van der Waals surface area contributed by atoms with E-state index >= 15 is 0 Å². The Labute approximate surface area is 184 Å². The molecule has 0 aliphatic heterocycles. The van der Waals surface area contributed by atoms with Gasteiger partial charge in [-0.2, -0.15) is 21.9 Å². The van der Waals surface area contributed by atoms with E-state index < -0.39 is 25.1 Å². The summed E-state index contributed by atoms with van der Waals surface area (Å²) in [5.41, 5.74) is 0.455. The molecule has 3 rings (SSSR count). The van der Waals surface area contributed by atoms with Gasteiger partial charge in [0.1, 0.15) is 10.6 Å². The van der Waals surface area contributed by atoms with E-state index in [1.165, 1.54) is 61.7 Å². The number of rotatable bonds is 8. The summed E-state index contributed by atoms with van der Waals surface area (Å²) in [4.78, 5) is 12.2. The van der Waals surface area contributed by atoms with Crippen molar-refractivity contribution in [3.63, 3.8) is 0 Å². The lowest BCUT2D eigenvalue weighted by Gasteiger charge is -2.08. The Balaban J connectivity index is 1.70. The molecule has 0 saturated carbocycles. The monoisotopic (exact) mass is 475 g/mol. The summed E-state index contributed by atoms with van der Waals surface area (Å²) in [5, 5.41) is 14.7. The van der Waals surface area contributed by atoms with Crippen molar-refractivity contribution in [3.8, 4) is 5.75 Å². The third kappa shape index (κ3) is 5.47. The molecule has 3 aromatic rings. The van der Waals surface area contributed by atoms with Gasteiger partial charge in [-0.3, -0.25) is 10.1 Å². The van der Waals surface area contributed by atoms with Gasteiger partial charge in [-0.1, -0.05) is 24.3 Å². The smallest absolute Gasteiger partial charge is 0.339 e. The fourth-order valence-corrected chi connectivity index (χ4v) is 4.31. The summed E-state index contributed by atoms with van der Waals surface area (Å²) in [6.45, 7) is 1.50. The molecule has 0 heterocycles. The molecule has 0 aromatic heterocycles. The number of hydrazone groups is 1.